The number of ketones is 4. The molecule has 117 heavy (non-hydrogen) atoms. The molecule has 30 atom stereocenters. The molecular formula is C103H155N5O9. The highest BCUT2D eigenvalue weighted by Crippen LogP contribution is 2.70. The van der Waals surface area contributed by atoms with E-state index in [1.807, 2.05) is 30.3 Å². The molecule has 15 fully saturated rings. The third kappa shape index (κ3) is 15.7. The van der Waals surface area contributed by atoms with Crippen LogP contribution in [0.2, 0.25) is 0 Å². The summed E-state index contributed by atoms with van der Waals surface area (Å²) in [5, 5.41) is 6.23. The van der Waals surface area contributed by atoms with Crippen molar-refractivity contribution in [2.45, 2.75) is 362 Å². The molecule has 0 bridgehead atoms. The van der Waals surface area contributed by atoms with Crippen LogP contribution in [0.1, 0.15) is 308 Å². The first-order valence-corrected chi connectivity index (χ1v) is 48.8. The summed E-state index contributed by atoms with van der Waals surface area (Å²) in [5.74, 6) is 14.2. The van der Waals surface area contributed by atoms with Crippen molar-refractivity contribution in [3.63, 3.8) is 0 Å². The van der Waals surface area contributed by atoms with Gasteiger partial charge in [-0.3, -0.25) is 38.7 Å². The van der Waals surface area contributed by atoms with E-state index in [-0.39, 0.29) is 34.7 Å². The molecule has 9 saturated carbocycles. The van der Waals surface area contributed by atoms with Gasteiger partial charge < -0.3 is 29.6 Å². The molecule has 1 aromatic carbocycles. The summed E-state index contributed by atoms with van der Waals surface area (Å²) in [6.45, 7) is 40.5. The number of carbonyl (C=O) groups is 6. The van der Waals surface area contributed by atoms with E-state index in [2.05, 4.69) is 108 Å². The lowest BCUT2D eigenvalue weighted by atomic mass is 9.52. The lowest BCUT2D eigenvalue weighted by molar-refractivity contribution is -0.130. The normalized spacial score (nSPS) is 45.9. The summed E-state index contributed by atoms with van der Waals surface area (Å²) in [6.07, 6.45) is 37.1. The summed E-state index contributed by atoms with van der Waals surface area (Å²) in [5.41, 5.74) is 12.3. The Balaban J connectivity index is 0.000000127. The van der Waals surface area contributed by atoms with Gasteiger partial charge in [0, 0.05) is 134 Å². The summed E-state index contributed by atoms with van der Waals surface area (Å²) in [4.78, 5) is 80.6. The molecular weight excluding hydrogens is 1450 g/mol. The van der Waals surface area contributed by atoms with E-state index in [4.69, 9.17) is 14.2 Å². The highest BCUT2D eigenvalue weighted by Gasteiger charge is 2.65. The van der Waals surface area contributed by atoms with Gasteiger partial charge in [-0.25, -0.2) is 0 Å². The van der Waals surface area contributed by atoms with Gasteiger partial charge in [-0.2, -0.15) is 0 Å². The molecule has 0 radical (unpaired) electrons. The van der Waals surface area contributed by atoms with Crippen molar-refractivity contribution >= 4 is 34.9 Å². The number of piperidine rings is 3. The van der Waals surface area contributed by atoms with Gasteiger partial charge in [0.15, 0.2) is 0 Å². The predicted molar refractivity (Wildman–Crippen MR) is 463 cm³/mol. The lowest BCUT2D eigenvalue weighted by Crippen LogP contribution is -2.53. The Kier molecular flexibility index (Phi) is 24.3. The SMILES string of the molecule is CC(=O)CCCN1C[C@@H](C)C[C@H]2O[C@]3(CC[C@@H]4C(=C(C)C3)C[C@H]3[C@H]4CC[C@@H]4CC(=O)CC[C@@]43C)[C@H](C)[C@@H]21.CC(=O)NCCN1C[C@@H](C)C[C@H]2O[C@]3(CC[C@@H]4C(=C(C)C3)C[C@H]3[C@H]4CC[C@@H]4CC(=O)CC[C@@]43C)[C@H](C)[C@@H]21.CC1=C2C[C@H]3[C@@H](CC[C@@H]4CC(=O)CC[C@@]43C)[C@@H]2CC[C@@]2(C1)O[C@@H]1C[C@H](C)CN(CCNC(=O)Cc3ccccc3)[C@H]1[C@H]2C. The number of amides is 2. The molecule has 6 saturated heterocycles. The molecule has 18 aliphatic rings. The number of hydrogen-bond acceptors (Lipinski definition) is 12. The zero-order chi connectivity index (χ0) is 82.2. The predicted octanol–water partition coefficient (Wildman–Crippen LogP) is 19.0. The molecule has 3 spiro atoms. The highest BCUT2D eigenvalue weighted by atomic mass is 16.5. The fourth-order valence-corrected chi connectivity index (χ4v) is 32.8. The van der Waals surface area contributed by atoms with E-state index in [0.717, 1.165) is 195 Å². The summed E-state index contributed by atoms with van der Waals surface area (Å²) >= 11 is 0. The smallest absolute Gasteiger partial charge is 0.224 e. The molecule has 646 valence electrons. The van der Waals surface area contributed by atoms with E-state index in [1.54, 1.807) is 47.3 Å². The molecule has 19 rings (SSSR count). The molecule has 0 aromatic heterocycles. The van der Waals surface area contributed by atoms with Crippen LogP contribution < -0.4 is 10.6 Å². The van der Waals surface area contributed by atoms with Crippen molar-refractivity contribution in [1.82, 2.24) is 25.3 Å². The van der Waals surface area contributed by atoms with Crippen molar-refractivity contribution in [2.24, 2.45) is 123 Å². The molecule has 14 nitrogen and oxygen atoms in total. The number of Topliss-reactive ketones (excluding diaryl/α,β-unsaturated/α-hetero) is 4. The van der Waals surface area contributed by atoms with Crippen LogP contribution in [-0.2, 0) is 49.4 Å². The van der Waals surface area contributed by atoms with Gasteiger partial charge in [0.1, 0.15) is 23.1 Å². The van der Waals surface area contributed by atoms with E-state index >= 15 is 0 Å². The van der Waals surface area contributed by atoms with Gasteiger partial charge >= 0.3 is 0 Å². The zero-order valence-electron chi connectivity index (χ0n) is 75.3. The van der Waals surface area contributed by atoms with Gasteiger partial charge in [-0.05, 0) is 305 Å². The maximum atomic E-state index is 12.7. The largest absolute Gasteiger partial charge is 0.369 e. The second-order valence-electron chi connectivity index (χ2n) is 45.2. The molecule has 6 heterocycles. The third-order valence-corrected chi connectivity index (χ3v) is 38.7. The van der Waals surface area contributed by atoms with Crippen molar-refractivity contribution in [1.29, 1.82) is 0 Å². The van der Waals surface area contributed by atoms with Gasteiger partial charge in [-0.15, -0.1) is 0 Å². The second kappa shape index (κ2) is 33.4. The summed E-state index contributed by atoms with van der Waals surface area (Å²) in [7, 11) is 0. The third-order valence-electron chi connectivity index (χ3n) is 38.7. The number of fused-ring (bicyclic) bond motifs is 18. The van der Waals surface area contributed by atoms with Crippen LogP contribution in [0.15, 0.2) is 63.8 Å². The Hall–Kier alpha value is -4.18. The average Bonchev–Trinajstić information content (AvgIpc) is 1.61. The number of nitrogens with one attached hydrogen (secondary N) is 2. The number of hydrogen-bond donors (Lipinski definition) is 2. The Morgan fingerprint density at radius 1 is 0.444 bits per heavy atom. The molecule has 0 unspecified atom stereocenters. The minimum atomic E-state index is -0.0660. The van der Waals surface area contributed by atoms with Crippen molar-refractivity contribution in [3.05, 3.63) is 69.3 Å². The second-order valence-corrected chi connectivity index (χ2v) is 45.2. The number of likely N-dealkylation sites (tertiary alicyclic amines) is 3. The number of benzene rings is 1. The van der Waals surface area contributed by atoms with Gasteiger partial charge in [0.2, 0.25) is 11.8 Å². The van der Waals surface area contributed by atoms with E-state index in [0.29, 0.717) is 148 Å². The number of rotatable bonds is 12. The van der Waals surface area contributed by atoms with Crippen molar-refractivity contribution in [2.75, 3.05) is 52.4 Å². The van der Waals surface area contributed by atoms with E-state index in [9.17, 15) is 28.8 Å². The molecule has 12 aliphatic carbocycles. The van der Waals surface area contributed by atoms with Crippen LogP contribution in [-0.4, -0.2) is 155 Å². The Bertz CT molecular complexity index is 3840. The first kappa shape index (κ1) is 85.0. The first-order valence-electron chi connectivity index (χ1n) is 48.8. The fraction of sp³-hybridized carbons (Fsp3) is 0.825. The van der Waals surface area contributed by atoms with E-state index < -0.39 is 0 Å². The average molecular weight is 1610 g/mol. The topological polar surface area (TPSA) is 164 Å². The molecule has 1 aromatic rings. The monoisotopic (exact) mass is 1610 g/mol. The lowest BCUT2D eigenvalue weighted by Gasteiger charge is -2.52. The summed E-state index contributed by atoms with van der Waals surface area (Å²) < 4.78 is 21.7. The minimum Gasteiger partial charge on any atom is -0.369 e. The molecule has 2 amide bonds. The first-order chi connectivity index (χ1) is 55.9. The molecule has 6 aliphatic heterocycles. The molecule has 2 N–H and O–H groups in total. The standard InChI is InChI=1S/C38H54N2O3.C33H51NO3.C32H50N2O3/c1-24-18-34-36(40(23-24)17-16-39-35(42)19-27-8-6-5-7-9-27)26(3)38(43-34)15-13-30-31-11-10-28-20-29(41)12-14-37(28,4)33(31)21-32(30)25(2)22-38;1-20-15-30-31(34(19-20)14-6-7-22(3)35)23(4)33(37-30)13-11-26-27-9-8-24-16-25(36)10-12-32(24,5)29(27)17-28(26)21(2)18-33;1-19-14-29-30(34(18-19)13-12-33-22(4)35)21(3)32(37-29)11-9-25-26-7-6-23-15-24(36)8-10-31(23,5)28(26)16-27(25)20(2)17-32/h5-9,24,26,28,30-31,33-34,36H,10-23H2,1-4H3,(H,39,42);20,23-24,26-27,29-31H,6-19H2,1-5H3;19,21,23,25-26,28-30H,6-18H2,1-5H3,(H,33,35)/t24-,26+,28+,30-,31-,33-,34+,36-,37-,38-;20-,23+,24+,26-,27-,29-,30+,31-,32-,33-;19-,21+,23+,25-,26-,28-,29+,30-,31-,32-/m000/s1. The Morgan fingerprint density at radius 2 is 0.795 bits per heavy atom. The van der Waals surface area contributed by atoms with Gasteiger partial charge in [0.25, 0.3) is 0 Å². The highest BCUT2D eigenvalue weighted by molar-refractivity contribution is 5.81. The maximum absolute atomic E-state index is 12.7. The Morgan fingerprint density at radius 3 is 1.15 bits per heavy atom. The molecule has 14 heteroatoms. The quantitative estimate of drug-likeness (QED) is 0.191. The van der Waals surface area contributed by atoms with Crippen LogP contribution in [0.4, 0.5) is 0 Å². The number of ether oxygens (including phenoxy) is 3. The van der Waals surface area contributed by atoms with Crippen LogP contribution >= 0.6 is 0 Å². The number of carbonyl (C=O) groups excluding carboxylic acids is 6. The minimum absolute atomic E-state index is 0.0203. The van der Waals surface area contributed by atoms with Crippen LogP contribution in [0.25, 0.3) is 0 Å². The Labute approximate surface area is 705 Å². The number of nitrogens with zero attached hydrogens (tertiary/aromatic N) is 3. The van der Waals surface area contributed by atoms with E-state index in [1.165, 1.54) is 103 Å². The van der Waals surface area contributed by atoms with Gasteiger partial charge in [0.05, 0.1) is 41.5 Å². The zero-order valence-corrected chi connectivity index (χ0v) is 75.3. The van der Waals surface area contributed by atoms with Crippen molar-refractivity contribution in [3.8, 4) is 0 Å². The van der Waals surface area contributed by atoms with Crippen LogP contribution in [0.5, 0.6) is 0 Å². The summed E-state index contributed by atoms with van der Waals surface area (Å²) in [6, 6.07) is 11.4. The van der Waals surface area contributed by atoms with Gasteiger partial charge in [-0.1, -0.05) is 126 Å². The van der Waals surface area contributed by atoms with Crippen LogP contribution in [0.3, 0.4) is 0 Å². The fourth-order valence-electron chi connectivity index (χ4n) is 32.8. The van der Waals surface area contributed by atoms with Crippen LogP contribution in [0, 0.1) is 123 Å². The number of allylic oxidation sites excluding steroid dienone is 3. The van der Waals surface area contributed by atoms with Crippen molar-refractivity contribution < 1.29 is 43.0 Å². The maximum Gasteiger partial charge on any atom is 0.224 e.